The average Bonchev–Trinajstić information content (AvgIpc) is 2.28. The molecule has 0 spiro atoms. The maximum Gasteiger partial charge on any atom is 0.0464 e. The highest BCUT2D eigenvalue weighted by Crippen LogP contribution is 2.27. The summed E-state index contributed by atoms with van der Waals surface area (Å²) in [6, 6.07) is 5.92. The van der Waals surface area contributed by atoms with Crippen molar-refractivity contribution in [2.45, 2.75) is 38.1 Å². The van der Waals surface area contributed by atoms with Gasteiger partial charge in [0.25, 0.3) is 0 Å². The molecule has 1 atom stereocenters. The molecule has 0 aliphatic heterocycles. The molecule has 0 radical (unpaired) electrons. The first-order valence-corrected chi connectivity index (χ1v) is 7.13. The summed E-state index contributed by atoms with van der Waals surface area (Å²) in [6.45, 7) is 3.71. The Bertz CT molecular complexity index is 365. The second-order valence-corrected chi connectivity index (χ2v) is 5.52. The van der Waals surface area contributed by atoms with Crippen molar-refractivity contribution in [2.24, 2.45) is 5.73 Å². The first-order valence-electron chi connectivity index (χ1n) is 5.96. The molecule has 0 aromatic heterocycles. The molecule has 0 amide bonds. The van der Waals surface area contributed by atoms with E-state index in [9.17, 15) is 0 Å². The lowest BCUT2D eigenvalue weighted by molar-refractivity contribution is 0.572. The van der Waals surface area contributed by atoms with E-state index in [0.717, 1.165) is 34.3 Å². The minimum Gasteiger partial charge on any atom is -0.324 e. The Hall–Kier alpha value is -0.310. The molecular formula is C14H19BrClN. The summed E-state index contributed by atoms with van der Waals surface area (Å²) in [5, 5.41) is 0.748. The van der Waals surface area contributed by atoms with Crippen molar-refractivity contribution in [3.63, 3.8) is 0 Å². The van der Waals surface area contributed by atoms with E-state index in [0.29, 0.717) is 0 Å². The second-order valence-electron chi connectivity index (χ2n) is 4.20. The molecule has 1 aromatic rings. The summed E-state index contributed by atoms with van der Waals surface area (Å²) in [7, 11) is 0. The molecule has 2 N–H and O–H groups in total. The largest absolute Gasteiger partial charge is 0.324 e. The highest BCUT2D eigenvalue weighted by molar-refractivity contribution is 9.10. The lowest BCUT2D eigenvalue weighted by Gasteiger charge is -2.13. The van der Waals surface area contributed by atoms with Gasteiger partial charge in [0.1, 0.15) is 0 Å². The van der Waals surface area contributed by atoms with Crippen LogP contribution in [0.25, 0.3) is 0 Å². The number of unbranched alkanes of at least 4 members (excludes halogenated alkanes) is 3. The quantitative estimate of drug-likeness (QED) is 0.540. The first kappa shape index (κ1) is 14.7. The van der Waals surface area contributed by atoms with Gasteiger partial charge in [0.15, 0.2) is 0 Å². The van der Waals surface area contributed by atoms with Crippen molar-refractivity contribution in [2.75, 3.05) is 0 Å². The second kappa shape index (κ2) is 7.91. The molecule has 0 aliphatic carbocycles. The average molecular weight is 317 g/mol. The number of benzene rings is 1. The first-order chi connectivity index (χ1) is 8.15. The van der Waals surface area contributed by atoms with Crippen LogP contribution in [0.1, 0.15) is 43.7 Å². The maximum absolute atomic E-state index is 6.16. The predicted molar refractivity (Wildman–Crippen MR) is 79.4 cm³/mol. The van der Waals surface area contributed by atoms with Crippen LogP contribution in [0.5, 0.6) is 0 Å². The van der Waals surface area contributed by atoms with Crippen LogP contribution in [0.2, 0.25) is 5.02 Å². The molecular weight excluding hydrogens is 298 g/mol. The van der Waals surface area contributed by atoms with E-state index in [1.807, 2.05) is 24.3 Å². The lowest BCUT2D eigenvalue weighted by atomic mass is 10.0. The highest BCUT2D eigenvalue weighted by atomic mass is 79.9. The van der Waals surface area contributed by atoms with Crippen molar-refractivity contribution in [3.05, 3.63) is 45.9 Å². The summed E-state index contributed by atoms with van der Waals surface area (Å²) in [4.78, 5) is 0. The number of hydrogen-bond acceptors (Lipinski definition) is 1. The molecule has 1 nitrogen and oxygen atoms in total. The zero-order valence-electron chi connectivity index (χ0n) is 9.96. The Labute approximate surface area is 117 Å². The van der Waals surface area contributed by atoms with E-state index in [2.05, 4.69) is 22.5 Å². The van der Waals surface area contributed by atoms with Gasteiger partial charge in [-0.05, 0) is 37.0 Å². The summed E-state index contributed by atoms with van der Waals surface area (Å²) in [5.41, 5.74) is 7.18. The van der Waals surface area contributed by atoms with Crippen molar-refractivity contribution in [3.8, 4) is 0 Å². The highest BCUT2D eigenvalue weighted by Gasteiger charge is 2.09. The van der Waals surface area contributed by atoms with Crippen LogP contribution >= 0.6 is 27.5 Å². The third kappa shape index (κ3) is 5.24. The predicted octanol–water partition coefficient (Wildman–Crippen LogP) is 5.24. The maximum atomic E-state index is 6.16. The van der Waals surface area contributed by atoms with Gasteiger partial charge in [-0.25, -0.2) is 0 Å². The Morgan fingerprint density at radius 3 is 2.76 bits per heavy atom. The number of nitrogens with two attached hydrogens (primary N) is 1. The molecule has 3 heteroatoms. The lowest BCUT2D eigenvalue weighted by Crippen LogP contribution is -2.10. The molecule has 0 saturated carbocycles. The molecule has 0 bridgehead atoms. The monoisotopic (exact) mass is 315 g/mol. The third-order valence-electron chi connectivity index (χ3n) is 2.79. The van der Waals surface area contributed by atoms with Gasteiger partial charge >= 0.3 is 0 Å². The van der Waals surface area contributed by atoms with E-state index in [4.69, 9.17) is 17.3 Å². The number of allylic oxidation sites excluding steroid dienone is 1. The SMILES string of the molecule is C=CCCCCCC(N)c1ccc(Br)cc1Cl. The van der Waals surface area contributed by atoms with Crippen LogP contribution in [-0.2, 0) is 0 Å². The number of rotatable bonds is 7. The fraction of sp³-hybridized carbons (Fsp3) is 0.429. The van der Waals surface area contributed by atoms with E-state index in [1.54, 1.807) is 0 Å². The van der Waals surface area contributed by atoms with Gasteiger partial charge in [0, 0.05) is 15.5 Å². The molecule has 0 heterocycles. The molecule has 1 aromatic carbocycles. The summed E-state index contributed by atoms with van der Waals surface area (Å²) in [5.74, 6) is 0. The minimum absolute atomic E-state index is 0.0410. The van der Waals surface area contributed by atoms with Gasteiger partial charge in [-0.1, -0.05) is 52.5 Å². The normalized spacial score (nSPS) is 12.4. The van der Waals surface area contributed by atoms with Crippen LogP contribution in [-0.4, -0.2) is 0 Å². The van der Waals surface area contributed by atoms with Crippen molar-refractivity contribution >= 4 is 27.5 Å². The zero-order chi connectivity index (χ0) is 12.7. The van der Waals surface area contributed by atoms with Gasteiger partial charge in [-0.15, -0.1) is 6.58 Å². The Morgan fingerprint density at radius 1 is 1.35 bits per heavy atom. The van der Waals surface area contributed by atoms with E-state index in [-0.39, 0.29) is 6.04 Å². The zero-order valence-corrected chi connectivity index (χ0v) is 12.3. The van der Waals surface area contributed by atoms with Crippen molar-refractivity contribution in [1.82, 2.24) is 0 Å². The topological polar surface area (TPSA) is 26.0 Å². The van der Waals surface area contributed by atoms with Crippen LogP contribution in [0, 0.1) is 0 Å². The van der Waals surface area contributed by atoms with Crippen LogP contribution in [0.3, 0.4) is 0 Å². The Kier molecular flexibility index (Phi) is 6.86. The minimum atomic E-state index is 0.0410. The van der Waals surface area contributed by atoms with E-state index < -0.39 is 0 Å². The summed E-state index contributed by atoms with van der Waals surface area (Å²) < 4.78 is 0.990. The molecule has 0 aliphatic rings. The molecule has 94 valence electrons. The fourth-order valence-corrected chi connectivity index (χ4v) is 2.60. The van der Waals surface area contributed by atoms with E-state index in [1.165, 1.54) is 12.8 Å². The van der Waals surface area contributed by atoms with Gasteiger partial charge < -0.3 is 5.73 Å². The number of halogens is 2. The fourth-order valence-electron chi connectivity index (χ4n) is 1.79. The van der Waals surface area contributed by atoms with Crippen LogP contribution < -0.4 is 5.73 Å². The molecule has 1 unspecified atom stereocenters. The Morgan fingerprint density at radius 2 is 2.12 bits per heavy atom. The molecule has 17 heavy (non-hydrogen) atoms. The van der Waals surface area contributed by atoms with Gasteiger partial charge in [-0.3, -0.25) is 0 Å². The Balaban J connectivity index is 2.41. The van der Waals surface area contributed by atoms with Gasteiger partial charge in [0.05, 0.1) is 0 Å². The van der Waals surface area contributed by atoms with Crippen LogP contribution in [0.4, 0.5) is 0 Å². The smallest absolute Gasteiger partial charge is 0.0464 e. The van der Waals surface area contributed by atoms with Crippen LogP contribution in [0.15, 0.2) is 35.3 Å². The molecule has 0 fully saturated rings. The summed E-state index contributed by atoms with van der Waals surface area (Å²) >= 11 is 9.56. The summed E-state index contributed by atoms with van der Waals surface area (Å²) in [6.07, 6.45) is 7.58. The standard InChI is InChI=1S/C14H19BrClN/c1-2-3-4-5-6-7-14(17)12-9-8-11(15)10-13(12)16/h2,8-10,14H,1,3-7,17H2. The third-order valence-corrected chi connectivity index (χ3v) is 3.61. The molecule has 1 rings (SSSR count). The van der Waals surface area contributed by atoms with Gasteiger partial charge in [0.2, 0.25) is 0 Å². The van der Waals surface area contributed by atoms with Crippen molar-refractivity contribution in [1.29, 1.82) is 0 Å². The van der Waals surface area contributed by atoms with Gasteiger partial charge in [-0.2, -0.15) is 0 Å². The number of hydrogen-bond donors (Lipinski definition) is 1. The van der Waals surface area contributed by atoms with Crippen molar-refractivity contribution < 1.29 is 0 Å². The molecule has 0 saturated heterocycles. The van der Waals surface area contributed by atoms with E-state index >= 15 is 0 Å².